The summed E-state index contributed by atoms with van der Waals surface area (Å²) in [5.41, 5.74) is 0.639. The molecule has 1 aromatic heterocycles. The molecule has 7 heteroatoms. The van der Waals surface area contributed by atoms with Crippen molar-refractivity contribution in [2.75, 3.05) is 0 Å². The van der Waals surface area contributed by atoms with E-state index in [1.54, 1.807) is 24.6 Å². The number of thiophene rings is 1. The summed E-state index contributed by atoms with van der Waals surface area (Å²) in [6.07, 6.45) is 0. The lowest BCUT2D eigenvalue weighted by molar-refractivity contribution is 0.545. The lowest BCUT2D eigenvalue weighted by Gasteiger charge is -2.29. The van der Waals surface area contributed by atoms with Crippen LogP contribution < -0.4 is 4.13 Å². The molecule has 0 aromatic carbocycles. The first-order valence-electron chi connectivity index (χ1n) is 3.87. The van der Waals surface area contributed by atoms with Crippen LogP contribution >= 0.6 is 11.3 Å². The van der Waals surface area contributed by atoms with Crippen molar-refractivity contribution in [3.8, 4) is 0 Å². The molecule has 78 valence electrons. The number of hydrogen-bond donors (Lipinski definition) is 1. The van der Waals surface area contributed by atoms with E-state index in [1.807, 2.05) is 0 Å². The van der Waals surface area contributed by atoms with Crippen molar-refractivity contribution >= 4 is 32.3 Å². The number of nitrogens with one attached hydrogen (secondary N) is 1. The third kappa shape index (κ3) is 1.19. The summed E-state index contributed by atoms with van der Waals surface area (Å²) < 4.78 is 36.0. The van der Waals surface area contributed by atoms with Gasteiger partial charge in [-0.3, -0.25) is 0 Å². The van der Waals surface area contributed by atoms with Gasteiger partial charge in [0.15, 0.2) is 0 Å². The summed E-state index contributed by atoms with van der Waals surface area (Å²) in [6, 6.07) is 0. The summed E-state index contributed by atoms with van der Waals surface area (Å²) in [4.78, 5) is 0.579. The zero-order valence-corrected chi connectivity index (χ0v) is 10.1. The minimum Gasteiger partial charge on any atom is -0.236 e. The van der Waals surface area contributed by atoms with Crippen molar-refractivity contribution in [2.45, 2.75) is 23.5 Å². The number of sulfonamides is 1. The van der Waals surface area contributed by atoms with Gasteiger partial charge in [0.25, 0.3) is 0 Å². The van der Waals surface area contributed by atoms with Crippen LogP contribution in [0.1, 0.15) is 19.4 Å². The molecule has 0 aliphatic carbocycles. The normalized spacial score (nSPS) is 28.3. The fraction of sp³-hybridized carbons (Fsp3) is 0.429. The monoisotopic (exact) mass is 251 g/mol. The highest BCUT2D eigenvalue weighted by Gasteiger charge is 2.44. The first-order chi connectivity index (χ1) is 6.36. The van der Waals surface area contributed by atoms with Gasteiger partial charge in [-0.25, -0.2) is 12.6 Å². The molecule has 1 aromatic rings. The van der Waals surface area contributed by atoms with Crippen LogP contribution in [0.5, 0.6) is 0 Å². The highest BCUT2D eigenvalue weighted by Crippen LogP contribution is 2.38. The maximum absolute atomic E-state index is 11.7. The molecule has 1 unspecified atom stereocenters. The van der Waals surface area contributed by atoms with Crippen LogP contribution in [-0.4, -0.2) is 12.6 Å². The van der Waals surface area contributed by atoms with Crippen LogP contribution in [-0.2, 0) is 25.8 Å². The quantitative estimate of drug-likeness (QED) is 0.746. The third-order valence-corrected chi connectivity index (χ3v) is 7.01. The molecule has 1 atom stereocenters. The molecule has 0 radical (unpaired) electrons. The Morgan fingerprint density at radius 2 is 2.07 bits per heavy atom. The van der Waals surface area contributed by atoms with Crippen LogP contribution in [0.15, 0.2) is 15.7 Å². The van der Waals surface area contributed by atoms with Crippen molar-refractivity contribution in [1.29, 1.82) is 0 Å². The Morgan fingerprint density at radius 1 is 1.43 bits per heavy atom. The van der Waals surface area contributed by atoms with E-state index in [-0.39, 0.29) is 0 Å². The average Bonchev–Trinajstić information content (AvgIpc) is 2.48. The second-order valence-corrected chi connectivity index (χ2v) is 7.93. The number of hydrogen-bond acceptors (Lipinski definition) is 4. The van der Waals surface area contributed by atoms with Gasteiger partial charge in [-0.2, -0.15) is 11.3 Å². The second-order valence-electron chi connectivity index (χ2n) is 3.52. The van der Waals surface area contributed by atoms with Crippen LogP contribution in [0.3, 0.4) is 0 Å². The van der Waals surface area contributed by atoms with Gasteiger partial charge >= 0.3 is 0 Å². The second kappa shape index (κ2) is 2.88. The van der Waals surface area contributed by atoms with Gasteiger partial charge in [0.2, 0.25) is 10.0 Å². The smallest absolute Gasteiger partial charge is 0.232 e. The Morgan fingerprint density at radius 3 is 2.71 bits per heavy atom. The number of rotatable bonds is 0. The largest absolute Gasteiger partial charge is 0.236 e. The highest BCUT2D eigenvalue weighted by atomic mass is 32.3. The molecule has 14 heavy (non-hydrogen) atoms. The van der Waals surface area contributed by atoms with Crippen LogP contribution in [0.25, 0.3) is 0 Å². The van der Waals surface area contributed by atoms with E-state index < -0.39 is 25.8 Å². The Labute approximate surface area is 89.0 Å². The molecule has 0 amide bonds. The fourth-order valence-electron chi connectivity index (χ4n) is 1.26. The zero-order chi connectivity index (χ0) is 10.6. The molecule has 0 saturated heterocycles. The molecule has 2 heterocycles. The average molecular weight is 251 g/mol. The number of fused-ring (bicyclic) bond motifs is 1. The van der Waals surface area contributed by atoms with Crippen molar-refractivity contribution in [1.82, 2.24) is 4.13 Å². The molecule has 1 aliphatic rings. The van der Waals surface area contributed by atoms with Gasteiger partial charge in [0.05, 0.1) is 4.90 Å². The predicted octanol–water partition coefficient (Wildman–Crippen LogP) is 0.939. The maximum atomic E-state index is 11.7. The van der Waals surface area contributed by atoms with Gasteiger partial charge in [0, 0.05) is 10.9 Å². The maximum Gasteiger partial charge on any atom is 0.232 e. The van der Waals surface area contributed by atoms with Crippen LogP contribution in [0, 0.1) is 0 Å². The molecule has 0 spiro atoms. The van der Waals surface area contributed by atoms with Gasteiger partial charge in [0.1, 0.15) is 15.7 Å². The molecule has 0 bridgehead atoms. The predicted molar refractivity (Wildman–Crippen MR) is 55.8 cm³/mol. The van der Waals surface area contributed by atoms with E-state index in [2.05, 4.69) is 4.13 Å². The van der Waals surface area contributed by atoms with E-state index in [4.69, 9.17) is 0 Å². The molecular formula is C7H9NO3S3. The summed E-state index contributed by atoms with van der Waals surface area (Å²) in [5.74, 6) is 0. The van der Waals surface area contributed by atoms with Gasteiger partial charge in [-0.15, -0.1) is 4.13 Å². The fourth-order valence-corrected chi connectivity index (χ4v) is 5.83. The van der Waals surface area contributed by atoms with E-state index in [0.717, 1.165) is 0 Å². The van der Waals surface area contributed by atoms with Gasteiger partial charge in [-0.1, -0.05) is 0 Å². The molecule has 4 nitrogen and oxygen atoms in total. The molecule has 1 N–H and O–H groups in total. The standard InChI is InChI=1S/C7H9NO3S3/c1-7(2)5-3-12-4-6(5)13(9)8-14(7,10)11/h3-4,8H,1-2H3. The van der Waals surface area contributed by atoms with Crippen LogP contribution in [0.4, 0.5) is 0 Å². The SMILES string of the molecule is CC1(C)c2cscc2S(=O)NS1(=O)=O. The van der Waals surface area contributed by atoms with Crippen molar-refractivity contribution in [2.24, 2.45) is 0 Å². The summed E-state index contributed by atoms with van der Waals surface area (Å²) in [5, 5.41) is 3.46. The highest BCUT2D eigenvalue weighted by molar-refractivity contribution is 8.03. The lowest BCUT2D eigenvalue weighted by Crippen LogP contribution is -2.44. The Balaban J connectivity index is 2.77. The Hall–Kier alpha value is -0.240. The van der Waals surface area contributed by atoms with E-state index in [0.29, 0.717) is 10.5 Å². The minimum atomic E-state index is -3.54. The minimum absolute atomic E-state index is 0.579. The first kappa shape index (κ1) is 10.3. The molecule has 0 fully saturated rings. The molecule has 1 aliphatic heterocycles. The van der Waals surface area contributed by atoms with E-state index in [1.165, 1.54) is 11.3 Å². The van der Waals surface area contributed by atoms with Crippen molar-refractivity contribution in [3.63, 3.8) is 0 Å². The first-order valence-corrected chi connectivity index (χ1v) is 7.44. The van der Waals surface area contributed by atoms with Gasteiger partial charge < -0.3 is 0 Å². The third-order valence-electron chi connectivity index (χ3n) is 2.33. The van der Waals surface area contributed by atoms with Gasteiger partial charge in [-0.05, 0) is 19.2 Å². The molecule has 2 rings (SSSR count). The summed E-state index contributed by atoms with van der Waals surface area (Å²) >= 11 is 1.36. The van der Waals surface area contributed by atoms with Crippen LogP contribution in [0.2, 0.25) is 0 Å². The molecular weight excluding hydrogens is 242 g/mol. The molecule has 0 saturated carbocycles. The van der Waals surface area contributed by atoms with Crippen molar-refractivity contribution in [3.05, 3.63) is 16.3 Å². The Bertz CT molecular complexity index is 500. The topological polar surface area (TPSA) is 63.2 Å². The van der Waals surface area contributed by atoms with E-state index >= 15 is 0 Å². The lowest BCUT2D eigenvalue weighted by atomic mass is 10.1. The van der Waals surface area contributed by atoms with E-state index in [9.17, 15) is 12.6 Å². The summed E-state index contributed by atoms with van der Waals surface area (Å²) in [6.45, 7) is 3.22. The Kier molecular flexibility index (Phi) is 2.11. The van der Waals surface area contributed by atoms with Crippen molar-refractivity contribution < 1.29 is 12.6 Å². The zero-order valence-electron chi connectivity index (χ0n) is 7.60. The summed E-state index contributed by atoms with van der Waals surface area (Å²) in [7, 11) is -5.16.